The van der Waals surface area contributed by atoms with Crippen molar-refractivity contribution in [1.29, 1.82) is 0 Å². The molecule has 0 N–H and O–H groups in total. The summed E-state index contributed by atoms with van der Waals surface area (Å²) in [5.41, 5.74) is 5.05. The van der Waals surface area contributed by atoms with Crippen LogP contribution in [0.4, 0.5) is 0 Å². The number of benzene rings is 1. The second-order valence-corrected chi connectivity index (χ2v) is 4.03. The lowest BCUT2D eigenvalue weighted by atomic mass is 10.1. The van der Waals surface area contributed by atoms with E-state index in [4.69, 9.17) is 0 Å². The first kappa shape index (κ1) is 10.7. The maximum absolute atomic E-state index is 3.92. The molecular weight excluding hydrogens is 194 g/mol. The normalized spacial score (nSPS) is 11.4. The lowest BCUT2D eigenvalue weighted by Gasteiger charge is -2.02. The molecule has 1 heterocycles. The van der Waals surface area contributed by atoms with Crippen LogP contribution in [0.2, 0.25) is 0 Å². The number of hydrogen-bond donors (Lipinski definition) is 0. The van der Waals surface area contributed by atoms with E-state index in [9.17, 15) is 0 Å². The van der Waals surface area contributed by atoms with Crippen molar-refractivity contribution in [2.24, 2.45) is 7.05 Å². The van der Waals surface area contributed by atoms with Crippen LogP contribution in [-0.2, 0) is 7.05 Å². The highest BCUT2D eigenvalue weighted by molar-refractivity contribution is 5.95. The molecule has 0 aliphatic carbocycles. The van der Waals surface area contributed by atoms with E-state index < -0.39 is 0 Å². The van der Waals surface area contributed by atoms with E-state index in [2.05, 4.69) is 55.5 Å². The molecule has 1 nitrogen and oxygen atoms in total. The van der Waals surface area contributed by atoms with E-state index in [0.29, 0.717) is 0 Å². The second kappa shape index (κ2) is 4.01. The molecule has 1 aromatic heterocycles. The Morgan fingerprint density at radius 2 is 2.06 bits per heavy atom. The highest BCUT2D eigenvalue weighted by Gasteiger charge is 2.11. The molecule has 1 aromatic carbocycles. The van der Waals surface area contributed by atoms with Crippen molar-refractivity contribution in [2.45, 2.75) is 13.8 Å². The van der Waals surface area contributed by atoms with E-state index in [1.54, 1.807) is 0 Å². The molecule has 0 saturated carbocycles. The summed E-state index contributed by atoms with van der Waals surface area (Å²) >= 11 is 0. The zero-order valence-corrected chi connectivity index (χ0v) is 10.1. The summed E-state index contributed by atoms with van der Waals surface area (Å²) in [6, 6.07) is 6.41. The summed E-state index contributed by atoms with van der Waals surface area (Å²) in [6.45, 7) is 8.11. The third kappa shape index (κ3) is 1.40. The lowest BCUT2D eigenvalue weighted by molar-refractivity contribution is 0.948. The van der Waals surface area contributed by atoms with E-state index in [0.717, 1.165) is 0 Å². The van der Waals surface area contributed by atoms with Gasteiger partial charge in [-0.15, -0.1) is 0 Å². The molecule has 0 radical (unpaired) electrons. The monoisotopic (exact) mass is 211 g/mol. The number of aryl methyl sites for hydroxylation is 2. The molecule has 0 spiro atoms. The summed E-state index contributed by atoms with van der Waals surface area (Å²) in [6.07, 6.45) is 6.14. The predicted octanol–water partition coefficient (Wildman–Crippen LogP) is 4.16. The molecule has 0 aliphatic rings. The van der Waals surface area contributed by atoms with Gasteiger partial charge in [0, 0.05) is 23.7 Å². The molecule has 0 saturated heterocycles. The number of allylic oxidation sites excluding steroid dienone is 1. The molecule has 16 heavy (non-hydrogen) atoms. The highest BCUT2D eigenvalue weighted by Crippen LogP contribution is 2.29. The minimum atomic E-state index is 1.22. The van der Waals surface area contributed by atoms with Crippen LogP contribution in [0.3, 0.4) is 0 Å². The van der Waals surface area contributed by atoms with Crippen molar-refractivity contribution >= 4 is 23.1 Å². The second-order valence-electron chi connectivity index (χ2n) is 4.03. The Morgan fingerprint density at radius 1 is 1.31 bits per heavy atom. The van der Waals surface area contributed by atoms with E-state index in [1.165, 1.54) is 27.7 Å². The fraction of sp³-hybridized carbons (Fsp3) is 0.200. The van der Waals surface area contributed by atoms with E-state index >= 15 is 0 Å². The van der Waals surface area contributed by atoms with Gasteiger partial charge >= 0.3 is 0 Å². The minimum Gasteiger partial charge on any atom is -0.343 e. The Morgan fingerprint density at radius 3 is 2.69 bits per heavy atom. The number of aromatic nitrogens is 1. The molecule has 82 valence electrons. The fourth-order valence-corrected chi connectivity index (χ4v) is 2.33. The molecule has 0 unspecified atom stereocenters. The van der Waals surface area contributed by atoms with Gasteiger partial charge in [0.25, 0.3) is 0 Å². The Kier molecular flexibility index (Phi) is 2.69. The van der Waals surface area contributed by atoms with Crippen molar-refractivity contribution < 1.29 is 0 Å². The van der Waals surface area contributed by atoms with Crippen molar-refractivity contribution in [3.63, 3.8) is 0 Å². The molecule has 0 bridgehead atoms. The number of nitrogens with zero attached hydrogens (tertiary/aromatic N) is 1. The number of hydrogen-bond acceptors (Lipinski definition) is 0. The largest absolute Gasteiger partial charge is 0.343 e. The van der Waals surface area contributed by atoms with Gasteiger partial charge in [-0.3, -0.25) is 0 Å². The summed E-state index contributed by atoms with van der Waals surface area (Å²) in [5.74, 6) is 0. The number of para-hydroxylation sites is 1. The maximum Gasteiger partial charge on any atom is 0.0518 e. The zero-order valence-electron chi connectivity index (χ0n) is 10.1. The number of fused-ring (bicyclic) bond motifs is 1. The van der Waals surface area contributed by atoms with Gasteiger partial charge in [0.1, 0.15) is 0 Å². The smallest absolute Gasteiger partial charge is 0.0518 e. The van der Waals surface area contributed by atoms with Crippen molar-refractivity contribution in [2.75, 3.05) is 0 Å². The van der Waals surface area contributed by atoms with Gasteiger partial charge in [-0.2, -0.15) is 0 Å². The quantitative estimate of drug-likeness (QED) is 0.702. The van der Waals surface area contributed by atoms with Crippen LogP contribution in [0.25, 0.3) is 23.1 Å². The Bertz CT molecular complexity index is 571. The Hall–Kier alpha value is -1.76. The summed E-state index contributed by atoms with van der Waals surface area (Å²) in [4.78, 5) is 0. The van der Waals surface area contributed by atoms with Crippen LogP contribution in [0, 0.1) is 6.92 Å². The average Bonchev–Trinajstić information content (AvgIpc) is 2.54. The summed E-state index contributed by atoms with van der Waals surface area (Å²) in [7, 11) is 2.11. The lowest BCUT2D eigenvalue weighted by Crippen LogP contribution is -1.92. The number of rotatable bonds is 2. The predicted molar refractivity (Wildman–Crippen MR) is 72.5 cm³/mol. The van der Waals surface area contributed by atoms with Gasteiger partial charge < -0.3 is 4.57 Å². The van der Waals surface area contributed by atoms with Gasteiger partial charge in [0.2, 0.25) is 0 Å². The van der Waals surface area contributed by atoms with E-state index in [1.807, 2.05) is 13.0 Å². The average molecular weight is 211 g/mol. The Balaban J connectivity index is 2.96. The SMILES string of the molecule is C=Cc1c(/C=C\C)n(C)c2c(C)cccc12. The molecular formula is C15H17N. The highest BCUT2D eigenvalue weighted by atomic mass is 14.9. The van der Waals surface area contributed by atoms with Gasteiger partial charge in [0.15, 0.2) is 0 Å². The summed E-state index contributed by atoms with van der Waals surface area (Å²) < 4.78 is 2.24. The molecule has 2 rings (SSSR count). The minimum absolute atomic E-state index is 1.22. The van der Waals surface area contributed by atoms with E-state index in [-0.39, 0.29) is 0 Å². The summed E-state index contributed by atoms with van der Waals surface area (Å²) in [5, 5.41) is 1.28. The first-order chi connectivity index (χ1) is 7.70. The van der Waals surface area contributed by atoms with Crippen LogP contribution >= 0.6 is 0 Å². The first-order valence-corrected chi connectivity index (χ1v) is 5.53. The maximum atomic E-state index is 3.92. The Labute approximate surface area is 96.7 Å². The molecule has 0 atom stereocenters. The first-order valence-electron chi connectivity index (χ1n) is 5.53. The molecule has 2 aromatic rings. The van der Waals surface area contributed by atoms with Crippen molar-refractivity contribution in [3.8, 4) is 0 Å². The standard InChI is InChI=1S/C15H17N/c1-5-8-14-12(6-2)13-10-7-9-11(3)15(13)16(14)4/h5-10H,2H2,1,3-4H3/b8-5-. The topological polar surface area (TPSA) is 4.93 Å². The van der Waals surface area contributed by atoms with Crippen LogP contribution in [0.5, 0.6) is 0 Å². The van der Waals surface area contributed by atoms with Crippen LogP contribution in [0.15, 0.2) is 30.9 Å². The third-order valence-corrected chi connectivity index (χ3v) is 3.03. The van der Waals surface area contributed by atoms with Crippen LogP contribution in [0.1, 0.15) is 23.7 Å². The van der Waals surface area contributed by atoms with Crippen molar-refractivity contribution in [3.05, 3.63) is 47.7 Å². The molecule has 1 heteroatoms. The molecule has 0 fully saturated rings. The van der Waals surface area contributed by atoms with Crippen LogP contribution in [-0.4, -0.2) is 4.57 Å². The molecule has 0 amide bonds. The van der Waals surface area contributed by atoms with Crippen LogP contribution < -0.4 is 0 Å². The fourth-order valence-electron chi connectivity index (χ4n) is 2.33. The molecule has 0 aliphatic heterocycles. The van der Waals surface area contributed by atoms with Gasteiger partial charge in [-0.05, 0) is 25.5 Å². The third-order valence-electron chi connectivity index (χ3n) is 3.03. The zero-order chi connectivity index (χ0) is 11.7. The van der Waals surface area contributed by atoms with Gasteiger partial charge in [-0.25, -0.2) is 0 Å². The van der Waals surface area contributed by atoms with Gasteiger partial charge in [-0.1, -0.05) is 36.9 Å². The van der Waals surface area contributed by atoms with Gasteiger partial charge in [0.05, 0.1) is 5.52 Å². The van der Waals surface area contributed by atoms with Crippen molar-refractivity contribution in [1.82, 2.24) is 4.57 Å².